The smallest absolute Gasteiger partial charge is 0.334 e. The molecular weight excluding hydrogens is 164 g/mol. The third-order valence-corrected chi connectivity index (χ3v) is 3.21. The Morgan fingerprint density at radius 3 is 2.92 bits per heavy atom. The molecule has 1 aliphatic carbocycles. The van der Waals surface area contributed by atoms with Crippen molar-refractivity contribution in [3.8, 4) is 0 Å². The van der Waals surface area contributed by atoms with Gasteiger partial charge < -0.3 is 4.74 Å². The second kappa shape index (κ2) is 2.72. The fourth-order valence-electron chi connectivity index (χ4n) is 2.43. The molecule has 70 valence electrons. The summed E-state index contributed by atoms with van der Waals surface area (Å²) in [5.74, 6) is -0.0435. The van der Waals surface area contributed by atoms with Gasteiger partial charge in [-0.25, -0.2) is 4.79 Å². The lowest BCUT2D eigenvalue weighted by Crippen LogP contribution is -2.36. The lowest BCUT2D eigenvalue weighted by atomic mass is 9.74. The Hall–Kier alpha value is -1.05. The SMILES string of the molecule is C=CC12CCCCC1C(=C)C(=O)O2. The molecule has 0 aromatic rings. The van der Waals surface area contributed by atoms with Crippen molar-refractivity contribution >= 4 is 5.97 Å². The molecule has 13 heavy (non-hydrogen) atoms. The van der Waals surface area contributed by atoms with Crippen LogP contribution in [0.4, 0.5) is 0 Å². The van der Waals surface area contributed by atoms with Crippen molar-refractivity contribution in [3.05, 3.63) is 24.8 Å². The highest BCUT2D eigenvalue weighted by molar-refractivity contribution is 5.91. The second-order valence-corrected chi connectivity index (χ2v) is 3.87. The van der Waals surface area contributed by atoms with Gasteiger partial charge in [0.25, 0.3) is 0 Å². The summed E-state index contributed by atoms with van der Waals surface area (Å²) in [6, 6.07) is 0. The molecule has 0 bridgehead atoms. The normalized spacial score (nSPS) is 38.3. The summed E-state index contributed by atoms with van der Waals surface area (Å²) in [4.78, 5) is 11.3. The molecule has 2 heteroatoms. The molecule has 1 heterocycles. The topological polar surface area (TPSA) is 26.3 Å². The lowest BCUT2D eigenvalue weighted by Gasteiger charge is -2.34. The number of ether oxygens (including phenoxy) is 1. The first-order valence-electron chi connectivity index (χ1n) is 4.75. The van der Waals surface area contributed by atoms with E-state index in [1.165, 1.54) is 0 Å². The van der Waals surface area contributed by atoms with Gasteiger partial charge in [-0.1, -0.05) is 19.6 Å². The zero-order valence-corrected chi connectivity index (χ0v) is 7.71. The standard InChI is InChI=1S/C11H14O2/c1-3-11-7-5-4-6-9(11)8(2)10(12)13-11/h3,9H,1-2,4-7H2. The van der Waals surface area contributed by atoms with Crippen LogP contribution in [-0.4, -0.2) is 11.6 Å². The van der Waals surface area contributed by atoms with Gasteiger partial charge in [0.2, 0.25) is 0 Å². The zero-order valence-electron chi connectivity index (χ0n) is 7.71. The van der Waals surface area contributed by atoms with E-state index in [4.69, 9.17) is 4.74 Å². The van der Waals surface area contributed by atoms with E-state index in [9.17, 15) is 4.79 Å². The number of carbonyl (C=O) groups excluding carboxylic acids is 1. The minimum Gasteiger partial charge on any atom is -0.451 e. The maximum atomic E-state index is 11.3. The van der Waals surface area contributed by atoms with Gasteiger partial charge in [-0.15, -0.1) is 0 Å². The maximum Gasteiger partial charge on any atom is 0.334 e. The number of carbonyl (C=O) groups is 1. The minimum atomic E-state index is -0.410. The number of esters is 1. The summed E-state index contributed by atoms with van der Waals surface area (Å²) in [6.07, 6.45) is 5.98. The molecule has 0 amide bonds. The van der Waals surface area contributed by atoms with E-state index in [0.29, 0.717) is 5.57 Å². The quantitative estimate of drug-likeness (QED) is 0.349. The molecule has 1 aliphatic heterocycles. The lowest BCUT2D eigenvalue weighted by molar-refractivity contribution is -0.145. The summed E-state index contributed by atoms with van der Waals surface area (Å²) in [5.41, 5.74) is 0.228. The molecule has 2 rings (SSSR count). The second-order valence-electron chi connectivity index (χ2n) is 3.87. The molecule has 0 spiro atoms. The minimum absolute atomic E-state index is 0.186. The molecule has 2 aliphatic rings. The van der Waals surface area contributed by atoms with E-state index in [-0.39, 0.29) is 11.9 Å². The molecule has 1 saturated carbocycles. The molecule has 2 nitrogen and oxygen atoms in total. The van der Waals surface area contributed by atoms with Gasteiger partial charge in [0, 0.05) is 11.5 Å². The molecule has 0 aromatic carbocycles. The molecule has 0 aromatic heterocycles. The van der Waals surface area contributed by atoms with E-state index in [1.807, 2.05) is 0 Å². The van der Waals surface area contributed by atoms with Gasteiger partial charge in [-0.2, -0.15) is 0 Å². The van der Waals surface area contributed by atoms with Crippen molar-refractivity contribution < 1.29 is 9.53 Å². The van der Waals surface area contributed by atoms with Crippen molar-refractivity contribution in [2.75, 3.05) is 0 Å². The van der Waals surface area contributed by atoms with Crippen LogP contribution < -0.4 is 0 Å². The highest BCUT2D eigenvalue weighted by Gasteiger charge is 2.50. The molecule has 2 atom stereocenters. The highest BCUT2D eigenvalue weighted by atomic mass is 16.6. The molecule has 1 saturated heterocycles. The van der Waals surface area contributed by atoms with Crippen molar-refractivity contribution in [1.29, 1.82) is 0 Å². The summed E-state index contributed by atoms with van der Waals surface area (Å²) in [7, 11) is 0. The van der Waals surface area contributed by atoms with Crippen molar-refractivity contribution in [2.45, 2.75) is 31.3 Å². The van der Waals surface area contributed by atoms with Gasteiger partial charge in [-0.3, -0.25) is 0 Å². The van der Waals surface area contributed by atoms with Crippen LogP contribution in [0.5, 0.6) is 0 Å². The molecule has 0 N–H and O–H groups in total. The van der Waals surface area contributed by atoms with Gasteiger partial charge in [-0.05, 0) is 25.3 Å². The summed E-state index contributed by atoms with van der Waals surface area (Å²) < 4.78 is 5.36. The van der Waals surface area contributed by atoms with E-state index < -0.39 is 5.60 Å². The van der Waals surface area contributed by atoms with Crippen LogP contribution in [0.25, 0.3) is 0 Å². The Kier molecular flexibility index (Phi) is 1.79. The first kappa shape index (κ1) is 8.54. The molecule has 2 fully saturated rings. The molecule has 2 unspecified atom stereocenters. The van der Waals surface area contributed by atoms with Crippen LogP contribution >= 0.6 is 0 Å². The largest absolute Gasteiger partial charge is 0.451 e. The summed E-state index contributed by atoms with van der Waals surface area (Å²) in [6.45, 7) is 7.56. The Morgan fingerprint density at radius 1 is 1.54 bits per heavy atom. The Bertz CT molecular complexity index is 280. The maximum absolute atomic E-state index is 11.3. The van der Waals surface area contributed by atoms with E-state index in [2.05, 4.69) is 13.2 Å². The van der Waals surface area contributed by atoms with E-state index >= 15 is 0 Å². The predicted molar refractivity (Wildman–Crippen MR) is 50.1 cm³/mol. The third kappa shape index (κ3) is 1.05. The van der Waals surface area contributed by atoms with Crippen molar-refractivity contribution in [1.82, 2.24) is 0 Å². The summed E-state index contributed by atoms with van der Waals surface area (Å²) in [5, 5.41) is 0. The monoisotopic (exact) mass is 178 g/mol. The zero-order chi connectivity index (χ0) is 9.47. The van der Waals surface area contributed by atoms with Crippen LogP contribution in [0.3, 0.4) is 0 Å². The fourth-order valence-corrected chi connectivity index (χ4v) is 2.43. The number of rotatable bonds is 1. The summed E-state index contributed by atoms with van der Waals surface area (Å²) >= 11 is 0. The van der Waals surface area contributed by atoms with Crippen molar-refractivity contribution in [3.63, 3.8) is 0 Å². The fraction of sp³-hybridized carbons (Fsp3) is 0.545. The van der Waals surface area contributed by atoms with E-state index in [0.717, 1.165) is 25.7 Å². The molecule has 0 radical (unpaired) electrons. The first-order valence-corrected chi connectivity index (χ1v) is 4.75. The van der Waals surface area contributed by atoms with Crippen LogP contribution in [0.15, 0.2) is 24.8 Å². The van der Waals surface area contributed by atoms with Gasteiger partial charge >= 0.3 is 5.97 Å². The van der Waals surface area contributed by atoms with Crippen LogP contribution in [0, 0.1) is 5.92 Å². The van der Waals surface area contributed by atoms with Gasteiger partial charge in [0.05, 0.1) is 0 Å². The van der Waals surface area contributed by atoms with Gasteiger partial charge in [0.15, 0.2) is 0 Å². The number of hydrogen-bond acceptors (Lipinski definition) is 2. The molecular formula is C11H14O2. The predicted octanol–water partition coefficient (Wildman–Crippen LogP) is 2.21. The van der Waals surface area contributed by atoms with Gasteiger partial charge in [0.1, 0.15) is 5.60 Å². The van der Waals surface area contributed by atoms with E-state index in [1.54, 1.807) is 6.08 Å². The Balaban J connectivity index is 2.36. The number of fused-ring (bicyclic) bond motifs is 1. The highest BCUT2D eigenvalue weighted by Crippen LogP contribution is 2.46. The van der Waals surface area contributed by atoms with Crippen molar-refractivity contribution in [2.24, 2.45) is 5.92 Å². The van der Waals surface area contributed by atoms with Crippen LogP contribution in [-0.2, 0) is 9.53 Å². The Labute approximate surface area is 78.3 Å². The average Bonchev–Trinajstić information content (AvgIpc) is 2.41. The third-order valence-electron chi connectivity index (χ3n) is 3.21. The van der Waals surface area contributed by atoms with Crippen LogP contribution in [0.2, 0.25) is 0 Å². The Morgan fingerprint density at radius 2 is 2.31 bits per heavy atom. The average molecular weight is 178 g/mol. The van der Waals surface area contributed by atoms with Crippen LogP contribution in [0.1, 0.15) is 25.7 Å². The number of hydrogen-bond donors (Lipinski definition) is 0. The first-order chi connectivity index (χ1) is 6.19.